The van der Waals surface area contributed by atoms with Crippen LogP contribution in [0.3, 0.4) is 0 Å². The summed E-state index contributed by atoms with van der Waals surface area (Å²) in [4.78, 5) is 0.0588. The van der Waals surface area contributed by atoms with Gasteiger partial charge in [0.15, 0.2) is 9.84 Å². The number of hydrogen-bond acceptors (Lipinski definition) is 3. The second kappa shape index (κ2) is 5.42. The van der Waals surface area contributed by atoms with Gasteiger partial charge in [-0.2, -0.15) is 0 Å². The Labute approximate surface area is 122 Å². The largest absolute Gasteiger partial charge is 0.398 e. The van der Waals surface area contributed by atoms with E-state index in [4.69, 9.17) is 17.3 Å². The average molecular weight is 314 g/mol. The number of nitrogens with two attached hydrogens (primary N) is 1. The van der Waals surface area contributed by atoms with Crippen LogP contribution >= 0.6 is 11.6 Å². The van der Waals surface area contributed by atoms with Crippen molar-refractivity contribution < 1.29 is 12.8 Å². The lowest BCUT2D eigenvalue weighted by Crippen LogP contribution is -2.08. The first-order valence-corrected chi connectivity index (χ1v) is 7.85. The van der Waals surface area contributed by atoms with Crippen LogP contribution in [-0.2, 0) is 15.6 Å². The minimum atomic E-state index is -3.63. The van der Waals surface area contributed by atoms with E-state index < -0.39 is 15.7 Å². The molecule has 6 heteroatoms. The summed E-state index contributed by atoms with van der Waals surface area (Å²) >= 11 is 5.85. The molecule has 0 aliphatic heterocycles. The predicted molar refractivity (Wildman–Crippen MR) is 77.9 cm³/mol. The van der Waals surface area contributed by atoms with Crippen molar-refractivity contribution in [2.24, 2.45) is 0 Å². The molecule has 0 saturated heterocycles. The van der Waals surface area contributed by atoms with E-state index in [0.29, 0.717) is 5.56 Å². The Morgan fingerprint density at radius 3 is 2.50 bits per heavy atom. The highest BCUT2D eigenvalue weighted by molar-refractivity contribution is 7.90. The van der Waals surface area contributed by atoms with Gasteiger partial charge in [-0.05, 0) is 42.3 Å². The average Bonchev–Trinajstić information content (AvgIpc) is 2.32. The Bertz CT molecular complexity index is 760. The lowest BCUT2D eigenvalue weighted by Gasteiger charge is -2.09. The predicted octanol–water partition coefficient (Wildman–Crippen LogP) is 3.34. The molecular weight excluding hydrogens is 301 g/mol. The van der Waals surface area contributed by atoms with Gasteiger partial charge in [0, 0.05) is 5.02 Å². The van der Waals surface area contributed by atoms with Crippen LogP contribution in [0.1, 0.15) is 11.1 Å². The minimum Gasteiger partial charge on any atom is -0.398 e. The van der Waals surface area contributed by atoms with E-state index in [2.05, 4.69) is 0 Å². The molecule has 2 N–H and O–H groups in total. The molecule has 0 spiro atoms. The molecule has 0 aliphatic carbocycles. The van der Waals surface area contributed by atoms with Crippen molar-refractivity contribution in [2.75, 3.05) is 5.73 Å². The SMILES string of the molecule is Cc1ccc(S(=O)(=O)Cc2ccc(F)cc2Cl)c(N)c1. The topological polar surface area (TPSA) is 60.2 Å². The lowest BCUT2D eigenvalue weighted by molar-refractivity contribution is 0.595. The van der Waals surface area contributed by atoms with E-state index in [1.165, 1.54) is 18.2 Å². The van der Waals surface area contributed by atoms with Crippen molar-refractivity contribution in [3.05, 3.63) is 58.4 Å². The minimum absolute atomic E-state index is 0.0588. The molecule has 0 bridgehead atoms. The van der Waals surface area contributed by atoms with E-state index >= 15 is 0 Å². The lowest BCUT2D eigenvalue weighted by atomic mass is 10.2. The van der Waals surface area contributed by atoms with Crippen LogP contribution in [0.5, 0.6) is 0 Å². The van der Waals surface area contributed by atoms with Crippen molar-refractivity contribution in [3.63, 3.8) is 0 Å². The standard InChI is InChI=1S/C14H13ClFNO2S/c1-9-2-5-14(13(17)6-9)20(18,19)8-10-3-4-11(16)7-12(10)15/h2-7H,8,17H2,1H3. The molecule has 0 heterocycles. The van der Waals surface area contributed by atoms with E-state index in [-0.39, 0.29) is 21.4 Å². The van der Waals surface area contributed by atoms with Crippen LogP contribution in [0, 0.1) is 12.7 Å². The van der Waals surface area contributed by atoms with Crippen molar-refractivity contribution in [1.29, 1.82) is 0 Å². The molecule has 0 aliphatic rings. The third kappa shape index (κ3) is 3.11. The van der Waals surface area contributed by atoms with Gasteiger partial charge in [0.1, 0.15) is 5.82 Å². The van der Waals surface area contributed by atoms with Crippen LogP contribution in [0.4, 0.5) is 10.1 Å². The van der Waals surface area contributed by atoms with Gasteiger partial charge in [0.25, 0.3) is 0 Å². The normalized spacial score (nSPS) is 11.6. The van der Waals surface area contributed by atoms with Crippen molar-refractivity contribution in [3.8, 4) is 0 Å². The number of nitrogen functional groups attached to an aromatic ring is 1. The summed E-state index contributed by atoms with van der Waals surface area (Å²) in [6.07, 6.45) is 0. The Morgan fingerprint density at radius 1 is 1.20 bits per heavy atom. The highest BCUT2D eigenvalue weighted by atomic mass is 35.5. The second-order valence-electron chi connectivity index (χ2n) is 4.54. The smallest absolute Gasteiger partial charge is 0.184 e. The van der Waals surface area contributed by atoms with E-state index in [1.807, 2.05) is 6.92 Å². The highest BCUT2D eigenvalue weighted by Crippen LogP contribution is 2.26. The van der Waals surface area contributed by atoms with Crippen LogP contribution in [0.15, 0.2) is 41.3 Å². The molecule has 0 atom stereocenters. The van der Waals surface area contributed by atoms with E-state index in [1.54, 1.807) is 12.1 Å². The van der Waals surface area contributed by atoms with Crippen LogP contribution in [0.2, 0.25) is 5.02 Å². The molecule has 2 aromatic carbocycles. The van der Waals surface area contributed by atoms with Crippen molar-refractivity contribution in [2.45, 2.75) is 17.6 Å². The van der Waals surface area contributed by atoms with Gasteiger partial charge in [-0.3, -0.25) is 0 Å². The second-order valence-corrected chi connectivity index (χ2v) is 6.90. The van der Waals surface area contributed by atoms with E-state index in [9.17, 15) is 12.8 Å². The summed E-state index contributed by atoms with van der Waals surface area (Å²) in [6.45, 7) is 1.82. The molecule has 0 unspecified atom stereocenters. The zero-order valence-corrected chi connectivity index (χ0v) is 12.3. The van der Waals surface area contributed by atoms with E-state index in [0.717, 1.165) is 11.6 Å². The van der Waals surface area contributed by atoms with Gasteiger partial charge in [0.2, 0.25) is 0 Å². The molecular formula is C14H13ClFNO2S. The maximum absolute atomic E-state index is 13.0. The molecule has 3 nitrogen and oxygen atoms in total. The fraction of sp³-hybridized carbons (Fsp3) is 0.143. The van der Waals surface area contributed by atoms with Crippen LogP contribution in [-0.4, -0.2) is 8.42 Å². The summed E-state index contributed by atoms with van der Waals surface area (Å²) in [5, 5.41) is 0.0826. The number of aryl methyl sites for hydroxylation is 1. The molecule has 2 rings (SSSR count). The maximum atomic E-state index is 13.0. The monoisotopic (exact) mass is 313 g/mol. The molecule has 0 aromatic heterocycles. The van der Waals surface area contributed by atoms with Crippen molar-refractivity contribution >= 4 is 27.1 Å². The molecule has 0 radical (unpaired) electrons. The quantitative estimate of drug-likeness (QED) is 0.884. The van der Waals surface area contributed by atoms with Crippen molar-refractivity contribution in [1.82, 2.24) is 0 Å². The number of rotatable bonds is 3. The number of anilines is 1. The first-order chi connectivity index (χ1) is 9.29. The summed E-state index contributed by atoms with van der Waals surface area (Å²) in [7, 11) is -3.63. The molecule has 2 aromatic rings. The van der Waals surface area contributed by atoms with Gasteiger partial charge in [-0.15, -0.1) is 0 Å². The Kier molecular flexibility index (Phi) is 4.01. The fourth-order valence-electron chi connectivity index (χ4n) is 1.87. The zero-order chi connectivity index (χ0) is 14.9. The summed E-state index contributed by atoms with van der Waals surface area (Å²) < 4.78 is 37.6. The molecule has 106 valence electrons. The van der Waals surface area contributed by atoms with Gasteiger partial charge in [-0.25, -0.2) is 12.8 Å². The summed E-state index contributed by atoms with van der Waals surface area (Å²) in [6, 6.07) is 8.37. The summed E-state index contributed by atoms with van der Waals surface area (Å²) in [5.74, 6) is -0.828. The third-order valence-corrected chi connectivity index (χ3v) is 4.95. The van der Waals surface area contributed by atoms with Gasteiger partial charge < -0.3 is 5.73 Å². The third-order valence-electron chi connectivity index (χ3n) is 2.86. The number of sulfone groups is 1. The van der Waals surface area contributed by atoms with Gasteiger partial charge >= 0.3 is 0 Å². The number of hydrogen-bond donors (Lipinski definition) is 1. The summed E-state index contributed by atoms with van der Waals surface area (Å²) in [5.41, 5.74) is 7.17. The Morgan fingerprint density at radius 2 is 1.90 bits per heavy atom. The molecule has 0 fully saturated rings. The Hall–Kier alpha value is -1.59. The van der Waals surface area contributed by atoms with Crippen LogP contribution < -0.4 is 5.73 Å². The number of benzene rings is 2. The molecule has 0 amide bonds. The first-order valence-electron chi connectivity index (χ1n) is 5.82. The molecule has 20 heavy (non-hydrogen) atoms. The molecule has 0 saturated carbocycles. The van der Waals surface area contributed by atoms with Gasteiger partial charge in [0.05, 0.1) is 16.3 Å². The zero-order valence-electron chi connectivity index (χ0n) is 10.7. The maximum Gasteiger partial charge on any atom is 0.184 e. The van der Waals surface area contributed by atoms with Crippen LogP contribution in [0.25, 0.3) is 0 Å². The first kappa shape index (κ1) is 14.8. The Balaban J connectivity index is 2.41. The fourth-order valence-corrected chi connectivity index (χ4v) is 3.70. The van der Waals surface area contributed by atoms with Gasteiger partial charge in [-0.1, -0.05) is 23.7 Å². The number of halogens is 2. The highest BCUT2D eigenvalue weighted by Gasteiger charge is 2.20.